The summed E-state index contributed by atoms with van der Waals surface area (Å²) in [7, 11) is 1.64. The second-order valence-electron chi connectivity index (χ2n) is 8.59. The lowest BCUT2D eigenvalue weighted by Gasteiger charge is -2.41. The van der Waals surface area contributed by atoms with Gasteiger partial charge in [0.15, 0.2) is 0 Å². The van der Waals surface area contributed by atoms with Crippen LogP contribution in [0.3, 0.4) is 0 Å². The van der Waals surface area contributed by atoms with Gasteiger partial charge in [-0.25, -0.2) is 4.79 Å². The standard InChI is InChI=1S/C21H30N2O4/c1-20(2)14-17(16-6-5-15(25-3)13-18(16)27-20)22-19(24)23-10-8-21(9-11-23)7-4-12-26-21/h5-6,13,17H,4,7-12,14H2,1-3H3,(H,22,24). The van der Waals surface area contributed by atoms with Crippen LogP contribution in [0.1, 0.15) is 57.6 Å². The highest BCUT2D eigenvalue weighted by atomic mass is 16.5. The van der Waals surface area contributed by atoms with Crippen molar-refractivity contribution in [2.45, 2.75) is 63.2 Å². The third-order valence-electron chi connectivity index (χ3n) is 6.12. The normalized spacial score (nSPS) is 25.6. The molecule has 1 aromatic rings. The quantitative estimate of drug-likeness (QED) is 0.858. The van der Waals surface area contributed by atoms with Crippen LogP contribution < -0.4 is 14.8 Å². The monoisotopic (exact) mass is 374 g/mol. The first-order chi connectivity index (χ1) is 12.9. The van der Waals surface area contributed by atoms with Crippen molar-refractivity contribution >= 4 is 6.03 Å². The number of amides is 2. The van der Waals surface area contributed by atoms with E-state index in [0.717, 1.165) is 68.9 Å². The SMILES string of the molecule is COc1ccc2c(c1)OC(C)(C)CC2NC(=O)N1CCC2(CCCO2)CC1. The van der Waals surface area contributed by atoms with Gasteiger partial charge < -0.3 is 24.4 Å². The lowest BCUT2D eigenvalue weighted by atomic mass is 9.88. The molecule has 1 unspecified atom stereocenters. The van der Waals surface area contributed by atoms with Gasteiger partial charge in [0.25, 0.3) is 0 Å². The summed E-state index contributed by atoms with van der Waals surface area (Å²) in [6.07, 6.45) is 4.88. The first kappa shape index (κ1) is 18.4. The Bertz CT molecular complexity index is 702. The minimum Gasteiger partial charge on any atom is -0.497 e. The van der Waals surface area contributed by atoms with Gasteiger partial charge in [0, 0.05) is 37.7 Å². The number of urea groups is 1. The number of carbonyl (C=O) groups excluding carboxylic acids is 1. The smallest absolute Gasteiger partial charge is 0.317 e. The second-order valence-corrected chi connectivity index (χ2v) is 8.59. The fraction of sp³-hybridized carbons (Fsp3) is 0.667. The first-order valence-corrected chi connectivity index (χ1v) is 9.96. The van der Waals surface area contributed by atoms with E-state index < -0.39 is 0 Å². The van der Waals surface area contributed by atoms with Crippen molar-refractivity contribution in [2.75, 3.05) is 26.8 Å². The summed E-state index contributed by atoms with van der Waals surface area (Å²) in [5, 5.41) is 3.24. The van der Waals surface area contributed by atoms with E-state index in [1.807, 2.05) is 23.1 Å². The molecule has 2 amide bonds. The summed E-state index contributed by atoms with van der Waals surface area (Å²) >= 11 is 0. The van der Waals surface area contributed by atoms with E-state index >= 15 is 0 Å². The molecule has 2 fully saturated rings. The molecule has 3 aliphatic heterocycles. The Labute approximate surface area is 161 Å². The zero-order valence-electron chi connectivity index (χ0n) is 16.5. The van der Waals surface area contributed by atoms with Crippen molar-refractivity contribution in [1.29, 1.82) is 0 Å². The van der Waals surface area contributed by atoms with Crippen LogP contribution in [0.25, 0.3) is 0 Å². The minimum atomic E-state index is -0.346. The van der Waals surface area contributed by atoms with E-state index in [2.05, 4.69) is 19.2 Å². The number of methoxy groups -OCH3 is 1. The molecule has 0 saturated carbocycles. The molecule has 1 atom stereocenters. The lowest BCUT2D eigenvalue weighted by molar-refractivity contribution is -0.0364. The molecule has 6 nitrogen and oxygen atoms in total. The zero-order valence-corrected chi connectivity index (χ0v) is 16.5. The van der Waals surface area contributed by atoms with Crippen molar-refractivity contribution in [1.82, 2.24) is 10.2 Å². The van der Waals surface area contributed by atoms with Crippen molar-refractivity contribution in [3.05, 3.63) is 23.8 Å². The third-order valence-corrected chi connectivity index (χ3v) is 6.12. The number of ether oxygens (including phenoxy) is 3. The predicted molar refractivity (Wildman–Crippen MR) is 102 cm³/mol. The Balaban J connectivity index is 1.45. The highest BCUT2D eigenvalue weighted by Crippen LogP contribution is 2.41. The molecule has 0 aromatic heterocycles. The van der Waals surface area contributed by atoms with E-state index in [1.165, 1.54) is 0 Å². The predicted octanol–water partition coefficient (Wildman–Crippen LogP) is 3.65. The Morgan fingerprint density at radius 1 is 1.26 bits per heavy atom. The summed E-state index contributed by atoms with van der Waals surface area (Å²) in [5.41, 5.74) is 0.692. The van der Waals surface area contributed by atoms with Gasteiger partial charge in [0.05, 0.1) is 18.8 Å². The van der Waals surface area contributed by atoms with Crippen LogP contribution in [0, 0.1) is 0 Å². The lowest BCUT2D eigenvalue weighted by Crippen LogP contribution is -2.51. The van der Waals surface area contributed by atoms with Gasteiger partial charge in [-0.15, -0.1) is 0 Å². The van der Waals surface area contributed by atoms with E-state index in [9.17, 15) is 4.79 Å². The van der Waals surface area contributed by atoms with E-state index in [4.69, 9.17) is 14.2 Å². The van der Waals surface area contributed by atoms with Crippen LogP contribution in [0.2, 0.25) is 0 Å². The van der Waals surface area contributed by atoms with Crippen LogP contribution in [0.15, 0.2) is 18.2 Å². The van der Waals surface area contributed by atoms with E-state index in [1.54, 1.807) is 7.11 Å². The van der Waals surface area contributed by atoms with E-state index in [0.29, 0.717) is 0 Å². The maximum Gasteiger partial charge on any atom is 0.317 e. The number of carbonyl (C=O) groups is 1. The number of piperidine rings is 1. The highest BCUT2D eigenvalue weighted by Gasteiger charge is 2.40. The summed E-state index contributed by atoms with van der Waals surface area (Å²) in [5.74, 6) is 1.54. The molecule has 1 N–H and O–H groups in total. The van der Waals surface area contributed by atoms with Gasteiger partial charge >= 0.3 is 6.03 Å². The van der Waals surface area contributed by atoms with Crippen LogP contribution in [-0.4, -0.2) is 48.9 Å². The van der Waals surface area contributed by atoms with Gasteiger partial charge in [-0.05, 0) is 51.7 Å². The first-order valence-electron chi connectivity index (χ1n) is 9.96. The van der Waals surface area contributed by atoms with Crippen molar-refractivity contribution in [2.24, 2.45) is 0 Å². The number of nitrogens with one attached hydrogen (secondary N) is 1. The topological polar surface area (TPSA) is 60.0 Å². The second kappa shape index (κ2) is 6.89. The van der Waals surface area contributed by atoms with Crippen LogP contribution >= 0.6 is 0 Å². The summed E-state index contributed by atoms with van der Waals surface area (Å²) < 4.78 is 17.4. The molecule has 0 bridgehead atoms. The van der Waals surface area contributed by atoms with E-state index in [-0.39, 0.29) is 23.3 Å². The van der Waals surface area contributed by atoms with Crippen LogP contribution in [-0.2, 0) is 4.74 Å². The Kier molecular flexibility index (Phi) is 4.70. The van der Waals surface area contributed by atoms with Crippen molar-refractivity contribution in [3.8, 4) is 11.5 Å². The molecule has 4 rings (SSSR count). The molecular weight excluding hydrogens is 344 g/mol. The van der Waals surface area contributed by atoms with Gasteiger partial charge in [-0.3, -0.25) is 0 Å². The molecule has 1 aromatic carbocycles. The maximum absolute atomic E-state index is 12.9. The molecule has 2 saturated heterocycles. The number of benzene rings is 1. The molecule has 27 heavy (non-hydrogen) atoms. The Morgan fingerprint density at radius 3 is 2.70 bits per heavy atom. The number of likely N-dealkylation sites (tertiary alicyclic amines) is 1. The molecule has 6 heteroatoms. The zero-order chi connectivity index (χ0) is 19.1. The average molecular weight is 374 g/mol. The van der Waals surface area contributed by atoms with Crippen molar-refractivity contribution < 1.29 is 19.0 Å². The minimum absolute atomic E-state index is 0.00677. The third kappa shape index (κ3) is 3.72. The van der Waals surface area contributed by atoms with Crippen LogP contribution in [0.4, 0.5) is 4.79 Å². The summed E-state index contributed by atoms with van der Waals surface area (Å²) in [6.45, 7) is 6.48. The number of hydrogen-bond acceptors (Lipinski definition) is 4. The Morgan fingerprint density at radius 2 is 2.04 bits per heavy atom. The number of nitrogens with zero attached hydrogens (tertiary/aromatic N) is 1. The summed E-state index contributed by atoms with van der Waals surface area (Å²) in [6, 6.07) is 5.75. The Hall–Kier alpha value is -1.95. The molecular formula is C21H30N2O4. The van der Waals surface area contributed by atoms with Gasteiger partial charge in [-0.1, -0.05) is 0 Å². The average Bonchev–Trinajstić information content (AvgIpc) is 3.08. The van der Waals surface area contributed by atoms with Gasteiger partial charge in [-0.2, -0.15) is 0 Å². The number of hydrogen-bond donors (Lipinski definition) is 1. The molecule has 3 aliphatic rings. The van der Waals surface area contributed by atoms with Gasteiger partial charge in [0.2, 0.25) is 0 Å². The maximum atomic E-state index is 12.9. The molecule has 148 valence electrons. The van der Waals surface area contributed by atoms with Crippen LogP contribution in [0.5, 0.6) is 11.5 Å². The molecule has 0 aliphatic carbocycles. The number of rotatable bonds is 2. The van der Waals surface area contributed by atoms with Gasteiger partial charge in [0.1, 0.15) is 17.1 Å². The largest absolute Gasteiger partial charge is 0.497 e. The van der Waals surface area contributed by atoms with Crippen molar-refractivity contribution in [3.63, 3.8) is 0 Å². The molecule has 3 heterocycles. The summed E-state index contributed by atoms with van der Waals surface area (Å²) in [4.78, 5) is 14.9. The molecule has 0 radical (unpaired) electrons. The fourth-order valence-corrected chi connectivity index (χ4v) is 4.59. The number of fused-ring (bicyclic) bond motifs is 1. The molecule has 1 spiro atoms. The highest BCUT2D eigenvalue weighted by molar-refractivity contribution is 5.75. The fourth-order valence-electron chi connectivity index (χ4n) is 4.59.